The number of rotatable bonds is 10. The van der Waals surface area contributed by atoms with E-state index in [0.717, 1.165) is 45.3 Å². The van der Waals surface area contributed by atoms with E-state index in [4.69, 9.17) is 20.3 Å². The van der Waals surface area contributed by atoms with Crippen LogP contribution in [0.4, 0.5) is 5.13 Å². The lowest BCUT2D eigenvalue weighted by Gasteiger charge is -2.03. The fraction of sp³-hybridized carbons (Fsp3) is 0.289. The van der Waals surface area contributed by atoms with Crippen LogP contribution < -0.4 is 15.2 Å². The molecule has 0 saturated heterocycles. The van der Waals surface area contributed by atoms with Gasteiger partial charge in [-0.1, -0.05) is 28.1 Å². The third-order valence-corrected chi connectivity index (χ3v) is 11.2. The van der Waals surface area contributed by atoms with Crippen molar-refractivity contribution in [2.75, 3.05) is 38.7 Å². The summed E-state index contributed by atoms with van der Waals surface area (Å²) >= 11 is 9.09. The van der Waals surface area contributed by atoms with Gasteiger partial charge >= 0.3 is 0 Å². The molecule has 3 heterocycles. The standard InChI is InChI=1S/C18H19N3O2S2.C9H9BrO2.C9H13N3OS2.C2H6O.H2S/c1-13-4-5-14(10-19-13)12-25(3,22)21-18-20-17(11-24-18)15-6-8-16(23-2)9-7-15;1-12-8-4-2-7(3-5-8)9(11)6-10;1-7-3-4-8(5-11-7)6-15(2,13)12-9(10)14;1-2-3;/h4-11H,12H2,1-3H3;2-5H,6H2,1H3;3-5H,6H2,1-2H3,(H2,10,14);3H,2H2,1H3;1H2. The van der Waals surface area contributed by atoms with E-state index < -0.39 is 19.5 Å². The summed E-state index contributed by atoms with van der Waals surface area (Å²) in [6, 6.07) is 22.3. The summed E-state index contributed by atoms with van der Waals surface area (Å²) in [5.74, 6) is 2.32. The highest BCUT2D eigenvalue weighted by Crippen LogP contribution is 2.29. The van der Waals surface area contributed by atoms with Gasteiger partial charge in [0, 0.05) is 59.4 Å². The molecule has 0 bridgehead atoms. The number of aryl methyl sites for hydroxylation is 2. The number of nitrogens with zero attached hydrogens (tertiary/aromatic N) is 5. The zero-order chi connectivity index (χ0) is 41.0. The first kappa shape index (κ1) is 50.2. The monoisotopic (exact) mass is 924 g/mol. The number of thiazole rings is 1. The lowest BCUT2D eigenvalue weighted by molar-refractivity contribution is 0.102. The Morgan fingerprint density at radius 2 is 1.32 bits per heavy atom. The number of alkyl halides is 1. The largest absolute Gasteiger partial charge is 0.497 e. The summed E-state index contributed by atoms with van der Waals surface area (Å²) in [5, 5.41) is 10.3. The maximum Gasteiger partial charge on any atom is 0.218 e. The first-order valence-electron chi connectivity index (χ1n) is 16.5. The molecule has 2 aromatic carbocycles. The molecule has 0 aliphatic carbocycles. The number of carbonyl (C=O) groups is 1. The van der Waals surface area contributed by atoms with Crippen LogP contribution in [0.1, 0.15) is 39.8 Å². The van der Waals surface area contributed by atoms with Crippen molar-refractivity contribution in [1.82, 2.24) is 15.0 Å². The van der Waals surface area contributed by atoms with Crippen LogP contribution in [0.5, 0.6) is 11.5 Å². The number of methoxy groups -OCH3 is 2. The van der Waals surface area contributed by atoms with Gasteiger partial charge in [-0.15, -0.1) is 11.3 Å². The Morgan fingerprint density at radius 1 is 0.857 bits per heavy atom. The Labute approximate surface area is 355 Å². The lowest BCUT2D eigenvalue weighted by Crippen LogP contribution is -2.10. The highest BCUT2D eigenvalue weighted by atomic mass is 79.9. The molecule has 3 N–H and O–H groups in total. The number of aliphatic hydroxyl groups is 1. The maximum atomic E-state index is 12.8. The maximum absolute atomic E-state index is 12.8. The third kappa shape index (κ3) is 19.4. The Morgan fingerprint density at radius 3 is 1.73 bits per heavy atom. The Hall–Kier alpha value is -3.78. The highest BCUT2D eigenvalue weighted by Gasteiger charge is 2.10. The minimum Gasteiger partial charge on any atom is -0.497 e. The predicted octanol–water partition coefficient (Wildman–Crippen LogP) is 8.07. The number of nitrogens with two attached hydrogens (primary N) is 1. The van der Waals surface area contributed by atoms with Crippen LogP contribution in [-0.4, -0.2) is 78.0 Å². The Balaban J connectivity index is 0.000000433. The molecule has 0 amide bonds. The number of Topliss-reactive ketones (excluding diaryl/α,β-unsaturated/α-hetero) is 1. The average molecular weight is 926 g/mol. The van der Waals surface area contributed by atoms with Gasteiger partial charge in [0.25, 0.3) is 0 Å². The van der Waals surface area contributed by atoms with E-state index in [1.807, 2.05) is 67.8 Å². The fourth-order valence-electron chi connectivity index (χ4n) is 4.26. The zero-order valence-corrected chi connectivity index (χ0v) is 38.2. The van der Waals surface area contributed by atoms with E-state index in [0.29, 0.717) is 27.5 Å². The van der Waals surface area contributed by atoms with Gasteiger partial charge in [0.1, 0.15) is 11.5 Å². The van der Waals surface area contributed by atoms with Crippen LogP contribution in [0.2, 0.25) is 0 Å². The summed E-state index contributed by atoms with van der Waals surface area (Å²) in [4.78, 5) is 24.0. The number of benzene rings is 2. The van der Waals surface area contributed by atoms with Crippen molar-refractivity contribution in [2.45, 2.75) is 32.3 Å². The number of halogens is 1. The van der Waals surface area contributed by atoms with Gasteiger partial charge in [-0.2, -0.15) is 22.2 Å². The molecular weight excluding hydrogens is 877 g/mol. The van der Waals surface area contributed by atoms with Gasteiger partial charge in [0.15, 0.2) is 10.9 Å². The topological polar surface area (TPSA) is 179 Å². The van der Waals surface area contributed by atoms with E-state index in [2.05, 4.69) is 51.8 Å². The molecule has 18 heteroatoms. The molecule has 0 fully saturated rings. The SMILES string of the molecule is CCO.COc1ccc(-c2csc(N=S(C)(=O)Cc3ccc(C)nc3)n2)cc1.COc1ccc(C(=O)CBr)cc1.Cc1ccc(CS(C)(=O)=NC(N)=S)cn1.S. The van der Waals surface area contributed by atoms with Crippen molar-refractivity contribution in [2.24, 2.45) is 14.5 Å². The summed E-state index contributed by atoms with van der Waals surface area (Å²) < 4.78 is 42.9. The summed E-state index contributed by atoms with van der Waals surface area (Å²) in [6.07, 6.45) is 6.62. The number of ketones is 1. The summed E-state index contributed by atoms with van der Waals surface area (Å²) in [7, 11) is -1.56. The predicted molar refractivity (Wildman–Crippen MR) is 243 cm³/mol. The smallest absolute Gasteiger partial charge is 0.218 e. The van der Waals surface area contributed by atoms with Gasteiger partial charge in [-0.25, -0.2) is 13.4 Å². The highest BCUT2D eigenvalue weighted by molar-refractivity contribution is 9.09. The van der Waals surface area contributed by atoms with Crippen LogP contribution in [0.15, 0.2) is 99.3 Å². The quantitative estimate of drug-likeness (QED) is 0.0786. The van der Waals surface area contributed by atoms with Gasteiger partial charge in [0.05, 0.1) is 56.2 Å². The second-order valence-corrected chi connectivity index (χ2v) is 18.3. The minimum absolute atomic E-state index is 0. The van der Waals surface area contributed by atoms with Crippen molar-refractivity contribution in [3.05, 3.63) is 119 Å². The number of hydrogen-bond donors (Lipinski definition) is 2. The molecular formula is C38H49BrN6O6S5. The molecule has 0 saturated carbocycles. The first-order chi connectivity index (χ1) is 26.0. The number of thiocarbonyl (C=S) groups is 1. The molecule has 3 aromatic heterocycles. The van der Waals surface area contributed by atoms with Gasteiger partial charge in [-0.3, -0.25) is 14.8 Å². The van der Waals surface area contributed by atoms with Crippen LogP contribution >= 0.6 is 53.0 Å². The molecule has 5 rings (SSSR count). The van der Waals surface area contributed by atoms with Gasteiger partial charge in [-0.05, 0) is 105 Å². The van der Waals surface area contributed by atoms with Crippen molar-refractivity contribution in [3.8, 4) is 22.8 Å². The summed E-state index contributed by atoms with van der Waals surface area (Å²) in [6.45, 7) is 5.75. The first-order valence-corrected chi connectivity index (χ1v) is 23.1. The van der Waals surface area contributed by atoms with Crippen LogP contribution in [0.25, 0.3) is 11.3 Å². The number of aromatic nitrogens is 3. The fourth-order valence-corrected chi connectivity index (χ4v) is 8.72. The van der Waals surface area contributed by atoms with E-state index in [1.54, 1.807) is 64.1 Å². The van der Waals surface area contributed by atoms with Crippen molar-refractivity contribution in [3.63, 3.8) is 0 Å². The minimum atomic E-state index is -2.42. The molecule has 2 unspecified atom stereocenters. The van der Waals surface area contributed by atoms with Crippen molar-refractivity contribution >= 4 is 88.5 Å². The molecule has 304 valence electrons. The molecule has 0 aliphatic heterocycles. The molecule has 0 spiro atoms. The molecule has 0 aliphatic rings. The third-order valence-electron chi connectivity index (χ3n) is 6.78. The van der Waals surface area contributed by atoms with Crippen molar-refractivity contribution < 1.29 is 27.8 Å². The summed E-state index contributed by atoms with van der Waals surface area (Å²) in [5.41, 5.74) is 11.4. The number of ether oxygens (including phenoxy) is 2. The van der Waals surface area contributed by atoms with Gasteiger partial charge in [0.2, 0.25) is 5.13 Å². The van der Waals surface area contributed by atoms with E-state index in [9.17, 15) is 13.2 Å². The van der Waals surface area contributed by atoms with E-state index in [1.165, 1.54) is 17.6 Å². The molecule has 56 heavy (non-hydrogen) atoms. The second-order valence-electron chi connectivity index (χ2n) is 11.7. The van der Waals surface area contributed by atoms with Crippen LogP contribution in [0, 0.1) is 13.8 Å². The Bertz CT molecular complexity index is 2200. The number of pyridine rings is 2. The van der Waals surface area contributed by atoms with E-state index >= 15 is 0 Å². The normalized spacial score (nSPS) is 12.1. The zero-order valence-electron chi connectivity index (χ0n) is 32.3. The number of aliphatic hydroxyl groups excluding tert-OH is 1. The molecule has 12 nitrogen and oxygen atoms in total. The van der Waals surface area contributed by atoms with E-state index in [-0.39, 0.29) is 31.0 Å². The lowest BCUT2D eigenvalue weighted by atomic mass is 10.1. The van der Waals surface area contributed by atoms with Gasteiger partial charge < -0.3 is 20.3 Å². The molecule has 5 aromatic rings. The Kier molecular flexibility index (Phi) is 22.8. The molecule has 0 radical (unpaired) electrons. The van der Waals surface area contributed by atoms with Crippen LogP contribution in [-0.2, 0) is 31.0 Å². The van der Waals surface area contributed by atoms with Crippen molar-refractivity contribution in [1.29, 1.82) is 0 Å². The average Bonchev–Trinajstić information content (AvgIpc) is 3.61. The second kappa shape index (κ2) is 25.5. The number of carbonyl (C=O) groups excluding carboxylic acids is 1. The molecule has 2 atom stereocenters. The number of hydrogen-bond acceptors (Lipinski definition) is 12. The van der Waals surface area contributed by atoms with Crippen LogP contribution in [0.3, 0.4) is 0 Å².